The number of nitro groups is 1. The van der Waals surface area contributed by atoms with Gasteiger partial charge in [-0.1, -0.05) is 18.2 Å². The summed E-state index contributed by atoms with van der Waals surface area (Å²) >= 11 is 0. The summed E-state index contributed by atoms with van der Waals surface area (Å²) in [6, 6.07) is 9.96. The fourth-order valence-corrected chi connectivity index (χ4v) is 2.62. The van der Waals surface area contributed by atoms with E-state index in [4.69, 9.17) is 4.74 Å². The molecule has 0 radical (unpaired) electrons. The maximum atomic E-state index is 13.9. The van der Waals surface area contributed by atoms with Crippen molar-refractivity contribution in [3.05, 3.63) is 69.0 Å². The zero-order valence-corrected chi connectivity index (χ0v) is 11.3. The molecule has 0 N–H and O–H groups in total. The fourth-order valence-electron chi connectivity index (χ4n) is 2.62. The van der Waals surface area contributed by atoms with Gasteiger partial charge < -0.3 is 4.74 Å². The highest BCUT2D eigenvalue weighted by molar-refractivity contribution is 5.39. The summed E-state index contributed by atoms with van der Waals surface area (Å²) in [6.07, 6.45) is 3.28. The van der Waals surface area contributed by atoms with Crippen molar-refractivity contribution in [2.24, 2.45) is 0 Å². The van der Waals surface area contributed by atoms with Crippen LogP contribution in [0.4, 0.5) is 10.1 Å². The lowest BCUT2D eigenvalue weighted by Crippen LogP contribution is -2.02. The van der Waals surface area contributed by atoms with E-state index in [0.29, 0.717) is 5.75 Å². The lowest BCUT2D eigenvalue weighted by molar-refractivity contribution is -0.387. The molecule has 0 saturated heterocycles. The summed E-state index contributed by atoms with van der Waals surface area (Å²) in [6.45, 7) is -0.0215. The summed E-state index contributed by atoms with van der Waals surface area (Å²) in [5.41, 5.74) is 2.27. The van der Waals surface area contributed by atoms with Gasteiger partial charge >= 0.3 is 5.69 Å². The van der Waals surface area contributed by atoms with E-state index in [-0.39, 0.29) is 12.2 Å². The van der Waals surface area contributed by atoms with Gasteiger partial charge in [0.1, 0.15) is 12.4 Å². The topological polar surface area (TPSA) is 52.4 Å². The SMILES string of the molecule is O=[N+]([O-])c1cccc(COc2ccc3c(c2)CCC3)c1F. The zero-order chi connectivity index (χ0) is 14.8. The van der Waals surface area contributed by atoms with Crippen molar-refractivity contribution in [3.63, 3.8) is 0 Å². The van der Waals surface area contributed by atoms with Gasteiger partial charge in [-0.05, 0) is 42.5 Å². The quantitative estimate of drug-likeness (QED) is 0.635. The summed E-state index contributed by atoms with van der Waals surface area (Å²) in [7, 11) is 0. The number of benzene rings is 2. The van der Waals surface area contributed by atoms with Crippen LogP contribution in [0.5, 0.6) is 5.75 Å². The number of hydrogen-bond acceptors (Lipinski definition) is 3. The number of nitrogens with zero attached hydrogens (tertiary/aromatic N) is 1. The van der Waals surface area contributed by atoms with E-state index < -0.39 is 16.4 Å². The second kappa shape index (κ2) is 5.52. The summed E-state index contributed by atoms with van der Waals surface area (Å²) in [5, 5.41) is 10.7. The smallest absolute Gasteiger partial charge is 0.305 e. The molecule has 5 heteroatoms. The molecule has 2 aromatic rings. The monoisotopic (exact) mass is 287 g/mol. The molecule has 1 aliphatic carbocycles. The molecular weight excluding hydrogens is 273 g/mol. The minimum Gasteiger partial charge on any atom is -0.489 e. The Bertz CT molecular complexity index is 700. The molecule has 0 spiro atoms. The first-order chi connectivity index (χ1) is 10.1. The van der Waals surface area contributed by atoms with Crippen molar-refractivity contribution in [2.75, 3.05) is 0 Å². The van der Waals surface area contributed by atoms with Crippen LogP contribution in [0.25, 0.3) is 0 Å². The van der Waals surface area contributed by atoms with E-state index in [0.717, 1.165) is 25.3 Å². The van der Waals surface area contributed by atoms with Crippen molar-refractivity contribution in [2.45, 2.75) is 25.9 Å². The summed E-state index contributed by atoms with van der Waals surface area (Å²) in [5.74, 6) is -0.162. The molecule has 0 heterocycles. The molecule has 0 atom stereocenters. The standard InChI is InChI=1S/C16H14FNO3/c17-16-13(5-2-6-15(16)18(19)20)10-21-14-8-7-11-3-1-4-12(11)9-14/h2,5-9H,1,3-4,10H2. The Morgan fingerprint density at radius 2 is 2.00 bits per heavy atom. The average molecular weight is 287 g/mol. The van der Waals surface area contributed by atoms with E-state index >= 15 is 0 Å². The van der Waals surface area contributed by atoms with Crippen molar-refractivity contribution in [3.8, 4) is 5.75 Å². The Hall–Kier alpha value is -2.43. The van der Waals surface area contributed by atoms with Gasteiger partial charge in [-0.25, -0.2) is 0 Å². The molecular formula is C16H14FNO3. The fraction of sp³-hybridized carbons (Fsp3) is 0.250. The normalized spacial score (nSPS) is 13.0. The largest absolute Gasteiger partial charge is 0.489 e. The molecule has 108 valence electrons. The molecule has 0 aromatic heterocycles. The van der Waals surface area contributed by atoms with Crippen LogP contribution < -0.4 is 4.74 Å². The number of halogens is 1. The van der Waals surface area contributed by atoms with Crippen molar-refractivity contribution >= 4 is 5.69 Å². The van der Waals surface area contributed by atoms with Gasteiger partial charge in [0.25, 0.3) is 0 Å². The molecule has 2 aromatic carbocycles. The lowest BCUT2D eigenvalue weighted by Gasteiger charge is -2.09. The highest BCUT2D eigenvalue weighted by Crippen LogP contribution is 2.27. The van der Waals surface area contributed by atoms with Crippen LogP contribution in [0.1, 0.15) is 23.1 Å². The maximum absolute atomic E-state index is 13.9. The molecule has 0 saturated carbocycles. The van der Waals surface area contributed by atoms with Crippen LogP contribution in [-0.2, 0) is 19.4 Å². The predicted molar refractivity (Wildman–Crippen MR) is 75.9 cm³/mol. The molecule has 0 aliphatic heterocycles. The molecule has 0 amide bonds. The first-order valence-corrected chi connectivity index (χ1v) is 6.81. The van der Waals surface area contributed by atoms with Crippen LogP contribution in [0.2, 0.25) is 0 Å². The van der Waals surface area contributed by atoms with Crippen molar-refractivity contribution in [1.82, 2.24) is 0 Å². The first kappa shape index (κ1) is 13.5. The second-order valence-corrected chi connectivity index (χ2v) is 5.08. The van der Waals surface area contributed by atoms with Crippen LogP contribution in [-0.4, -0.2) is 4.92 Å². The average Bonchev–Trinajstić information content (AvgIpc) is 2.93. The Morgan fingerprint density at radius 1 is 1.19 bits per heavy atom. The van der Waals surface area contributed by atoms with Gasteiger partial charge in [0.2, 0.25) is 5.82 Å². The zero-order valence-electron chi connectivity index (χ0n) is 11.3. The lowest BCUT2D eigenvalue weighted by atomic mass is 10.1. The first-order valence-electron chi connectivity index (χ1n) is 6.81. The minimum absolute atomic E-state index is 0.0215. The van der Waals surface area contributed by atoms with Gasteiger partial charge in [0, 0.05) is 11.6 Å². The van der Waals surface area contributed by atoms with Gasteiger partial charge in [0.05, 0.1) is 4.92 Å². The minimum atomic E-state index is -0.830. The molecule has 21 heavy (non-hydrogen) atoms. The Kier molecular flexibility index (Phi) is 3.56. The number of hydrogen-bond donors (Lipinski definition) is 0. The number of fused-ring (bicyclic) bond motifs is 1. The third kappa shape index (κ3) is 2.72. The Morgan fingerprint density at radius 3 is 2.81 bits per heavy atom. The van der Waals surface area contributed by atoms with E-state index in [9.17, 15) is 14.5 Å². The second-order valence-electron chi connectivity index (χ2n) is 5.08. The Labute approximate surface area is 121 Å². The molecule has 1 aliphatic rings. The maximum Gasteiger partial charge on any atom is 0.305 e. The van der Waals surface area contributed by atoms with E-state index in [1.165, 1.54) is 23.3 Å². The van der Waals surface area contributed by atoms with E-state index in [1.807, 2.05) is 18.2 Å². The highest BCUT2D eigenvalue weighted by atomic mass is 19.1. The van der Waals surface area contributed by atoms with Crippen LogP contribution in [0, 0.1) is 15.9 Å². The molecule has 4 nitrogen and oxygen atoms in total. The molecule has 0 unspecified atom stereocenters. The van der Waals surface area contributed by atoms with Crippen molar-refractivity contribution < 1.29 is 14.1 Å². The van der Waals surface area contributed by atoms with Gasteiger partial charge in [-0.3, -0.25) is 10.1 Å². The van der Waals surface area contributed by atoms with Gasteiger partial charge in [-0.15, -0.1) is 0 Å². The van der Waals surface area contributed by atoms with Crippen LogP contribution in [0.15, 0.2) is 36.4 Å². The predicted octanol–water partition coefficient (Wildman–Crippen LogP) is 3.80. The number of rotatable bonds is 4. The molecule has 3 rings (SSSR count). The molecule has 0 fully saturated rings. The molecule has 0 bridgehead atoms. The number of nitro benzene ring substituents is 1. The van der Waals surface area contributed by atoms with Crippen LogP contribution in [0.3, 0.4) is 0 Å². The van der Waals surface area contributed by atoms with Crippen molar-refractivity contribution in [1.29, 1.82) is 0 Å². The van der Waals surface area contributed by atoms with Gasteiger partial charge in [0.15, 0.2) is 0 Å². The number of ether oxygens (including phenoxy) is 1. The van der Waals surface area contributed by atoms with E-state index in [1.54, 1.807) is 0 Å². The third-order valence-electron chi connectivity index (χ3n) is 3.72. The Balaban J connectivity index is 1.76. The summed E-state index contributed by atoms with van der Waals surface area (Å²) in [4.78, 5) is 9.97. The van der Waals surface area contributed by atoms with Gasteiger partial charge in [-0.2, -0.15) is 4.39 Å². The third-order valence-corrected chi connectivity index (χ3v) is 3.72. The van der Waals surface area contributed by atoms with Crippen LogP contribution >= 0.6 is 0 Å². The highest BCUT2D eigenvalue weighted by Gasteiger charge is 2.17. The summed E-state index contributed by atoms with van der Waals surface area (Å²) < 4.78 is 19.5. The van der Waals surface area contributed by atoms with E-state index in [2.05, 4.69) is 0 Å². The number of aryl methyl sites for hydroxylation is 2.